The van der Waals surface area contributed by atoms with E-state index < -0.39 is 23.6 Å². The van der Waals surface area contributed by atoms with Crippen LogP contribution in [0.5, 0.6) is 5.75 Å². The van der Waals surface area contributed by atoms with Gasteiger partial charge < -0.3 is 9.47 Å². The molecule has 0 aliphatic heterocycles. The van der Waals surface area contributed by atoms with E-state index in [1.165, 1.54) is 45.0 Å². The molecular formula is C22H26F6O2. The van der Waals surface area contributed by atoms with Crippen LogP contribution in [0.3, 0.4) is 0 Å². The molecule has 0 aliphatic rings. The zero-order chi connectivity index (χ0) is 23.2. The lowest BCUT2D eigenvalue weighted by Gasteiger charge is -2.44. The van der Waals surface area contributed by atoms with Gasteiger partial charge in [-0.05, 0) is 23.6 Å². The molecule has 0 amide bonds. The van der Waals surface area contributed by atoms with Gasteiger partial charge in [-0.2, -0.15) is 13.2 Å². The summed E-state index contributed by atoms with van der Waals surface area (Å²) in [7, 11) is 1.10. The predicted molar refractivity (Wildman–Crippen MR) is 103 cm³/mol. The van der Waals surface area contributed by atoms with E-state index in [0.29, 0.717) is 12.0 Å². The van der Waals surface area contributed by atoms with Crippen LogP contribution in [0, 0.1) is 5.41 Å². The van der Waals surface area contributed by atoms with Crippen LogP contribution < -0.4 is 4.74 Å². The Morgan fingerprint density at radius 3 is 1.67 bits per heavy atom. The molecule has 2 aromatic rings. The van der Waals surface area contributed by atoms with E-state index in [1.54, 1.807) is 37.3 Å². The SMILES string of the molecule is CCc1ccccc1OC(F)(F)F.COC(c1ccccc1)(C(C)(C)C)C(F)(F)F. The van der Waals surface area contributed by atoms with Gasteiger partial charge in [-0.25, -0.2) is 0 Å². The third-order valence-corrected chi connectivity index (χ3v) is 4.52. The van der Waals surface area contributed by atoms with Crippen molar-refractivity contribution in [2.24, 2.45) is 5.41 Å². The van der Waals surface area contributed by atoms with E-state index >= 15 is 0 Å². The smallest absolute Gasteiger partial charge is 0.406 e. The molecule has 8 heteroatoms. The van der Waals surface area contributed by atoms with Crippen molar-refractivity contribution in [1.29, 1.82) is 0 Å². The minimum Gasteiger partial charge on any atom is -0.406 e. The lowest BCUT2D eigenvalue weighted by atomic mass is 9.71. The Kier molecular flexibility index (Phi) is 8.37. The topological polar surface area (TPSA) is 18.5 Å². The number of hydrogen-bond acceptors (Lipinski definition) is 2. The second kappa shape index (κ2) is 9.73. The number of hydrogen-bond donors (Lipinski definition) is 0. The molecule has 0 radical (unpaired) electrons. The van der Waals surface area contributed by atoms with Gasteiger partial charge in [-0.15, -0.1) is 13.2 Å². The highest BCUT2D eigenvalue weighted by Crippen LogP contribution is 2.52. The molecule has 2 nitrogen and oxygen atoms in total. The molecule has 1 unspecified atom stereocenters. The molecule has 0 aliphatic carbocycles. The summed E-state index contributed by atoms with van der Waals surface area (Å²) in [5, 5.41) is 0. The summed E-state index contributed by atoms with van der Waals surface area (Å²) in [6.07, 6.45) is -8.56. The molecule has 30 heavy (non-hydrogen) atoms. The van der Waals surface area contributed by atoms with Gasteiger partial charge in [-0.3, -0.25) is 0 Å². The number of halogens is 6. The zero-order valence-corrected chi connectivity index (χ0v) is 17.5. The average Bonchev–Trinajstić information content (AvgIpc) is 2.61. The number of rotatable bonds is 4. The molecular weight excluding hydrogens is 410 g/mol. The van der Waals surface area contributed by atoms with Crippen molar-refractivity contribution in [3.63, 3.8) is 0 Å². The monoisotopic (exact) mass is 436 g/mol. The second-order valence-electron chi connectivity index (χ2n) is 7.51. The summed E-state index contributed by atoms with van der Waals surface area (Å²) in [6.45, 7) is 6.35. The van der Waals surface area contributed by atoms with Crippen molar-refractivity contribution >= 4 is 0 Å². The first-order valence-electron chi connectivity index (χ1n) is 9.20. The molecule has 2 aromatic carbocycles. The highest BCUT2D eigenvalue weighted by Gasteiger charge is 2.63. The lowest BCUT2D eigenvalue weighted by Crippen LogP contribution is -2.53. The van der Waals surface area contributed by atoms with Crippen LogP contribution in [0.25, 0.3) is 0 Å². The largest absolute Gasteiger partial charge is 0.573 e. The van der Waals surface area contributed by atoms with Gasteiger partial charge in [0.25, 0.3) is 0 Å². The fourth-order valence-corrected chi connectivity index (χ4v) is 3.25. The predicted octanol–water partition coefficient (Wildman–Crippen LogP) is 7.28. The van der Waals surface area contributed by atoms with Gasteiger partial charge in [-0.1, -0.05) is 76.2 Å². The van der Waals surface area contributed by atoms with Crippen LogP contribution >= 0.6 is 0 Å². The second-order valence-corrected chi connectivity index (χ2v) is 7.51. The molecule has 1 atom stereocenters. The summed E-state index contributed by atoms with van der Waals surface area (Å²) in [4.78, 5) is 0. The average molecular weight is 436 g/mol. The van der Waals surface area contributed by atoms with Gasteiger partial charge in [0.05, 0.1) is 0 Å². The van der Waals surface area contributed by atoms with Crippen LogP contribution in [0.2, 0.25) is 0 Å². The lowest BCUT2D eigenvalue weighted by molar-refractivity contribution is -0.312. The van der Waals surface area contributed by atoms with Gasteiger partial charge in [0, 0.05) is 12.5 Å². The number of benzene rings is 2. The summed E-state index contributed by atoms with van der Waals surface area (Å²) in [5.41, 5.74) is -2.70. The van der Waals surface area contributed by atoms with E-state index in [0.717, 1.165) is 7.11 Å². The Labute approximate surface area is 172 Å². The van der Waals surface area contributed by atoms with Gasteiger partial charge in [0.15, 0.2) is 5.60 Å². The number of ether oxygens (including phenoxy) is 2. The van der Waals surface area contributed by atoms with Crippen molar-refractivity contribution < 1.29 is 35.8 Å². The van der Waals surface area contributed by atoms with Gasteiger partial charge >= 0.3 is 12.5 Å². The molecule has 0 heterocycles. The molecule has 0 bridgehead atoms. The van der Waals surface area contributed by atoms with E-state index in [-0.39, 0.29) is 11.3 Å². The zero-order valence-electron chi connectivity index (χ0n) is 17.5. The Morgan fingerprint density at radius 2 is 1.27 bits per heavy atom. The third kappa shape index (κ3) is 6.14. The molecule has 0 saturated heterocycles. The minimum absolute atomic E-state index is 0.113. The highest BCUT2D eigenvalue weighted by atomic mass is 19.4. The molecule has 168 valence electrons. The quantitative estimate of drug-likeness (QED) is 0.469. The van der Waals surface area contributed by atoms with Crippen molar-refractivity contribution in [2.75, 3.05) is 7.11 Å². The van der Waals surface area contributed by atoms with E-state index in [4.69, 9.17) is 4.74 Å². The van der Waals surface area contributed by atoms with Gasteiger partial charge in [0.2, 0.25) is 0 Å². The first-order chi connectivity index (χ1) is 13.7. The molecule has 2 rings (SSSR count). The Bertz CT molecular complexity index is 763. The maximum Gasteiger partial charge on any atom is 0.573 e. The molecule has 0 fully saturated rings. The van der Waals surface area contributed by atoms with E-state index in [2.05, 4.69) is 4.74 Å². The number of alkyl halides is 6. The first-order valence-corrected chi connectivity index (χ1v) is 9.20. The van der Waals surface area contributed by atoms with E-state index in [9.17, 15) is 26.3 Å². The standard InChI is InChI=1S/C13H17F3O.C9H9F3O/c1-11(2,3)12(17-4,13(14,15)16)10-8-6-5-7-9-10;1-2-7-5-3-4-6-8(7)13-9(10,11)12/h5-9H,1-4H3;3-6H,2H2,1H3. The Morgan fingerprint density at radius 1 is 0.767 bits per heavy atom. The molecule has 0 aromatic heterocycles. The van der Waals surface area contributed by atoms with Crippen molar-refractivity contribution in [3.8, 4) is 5.75 Å². The van der Waals surface area contributed by atoms with Crippen LogP contribution in [0.4, 0.5) is 26.3 Å². The van der Waals surface area contributed by atoms with Crippen molar-refractivity contribution in [1.82, 2.24) is 0 Å². The third-order valence-electron chi connectivity index (χ3n) is 4.52. The number of aryl methyl sites for hydroxylation is 1. The summed E-state index contributed by atoms with van der Waals surface area (Å²) >= 11 is 0. The molecule has 0 spiro atoms. The van der Waals surface area contributed by atoms with E-state index in [1.807, 2.05) is 0 Å². The Hall–Kier alpha value is -2.22. The normalized spacial score (nSPS) is 14.4. The van der Waals surface area contributed by atoms with Crippen LogP contribution in [-0.4, -0.2) is 19.6 Å². The molecule has 0 N–H and O–H groups in total. The van der Waals surface area contributed by atoms with Crippen molar-refractivity contribution in [2.45, 2.75) is 52.3 Å². The fourth-order valence-electron chi connectivity index (χ4n) is 3.25. The van der Waals surface area contributed by atoms with Crippen LogP contribution in [0.1, 0.15) is 38.8 Å². The number of para-hydroxylation sites is 1. The van der Waals surface area contributed by atoms with Crippen LogP contribution in [0.15, 0.2) is 54.6 Å². The number of methoxy groups -OCH3 is 1. The summed E-state index contributed by atoms with van der Waals surface area (Å²) in [6, 6.07) is 13.9. The maximum atomic E-state index is 13.4. The maximum absolute atomic E-state index is 13.4. The summed E-state index contributed by atoms with van der Waals surface area (Å²) < 4.78 is 84.6. The fraction of sp³-hybridized carbons (Fsp3) is 0.455. The molecule has 0 saturated carbocycles. The van der Waals surface area contributed by atoms with Crippen LogP contribution in [-0.2, 0) is 16.8 Å². The minimum atomic E-state index is -4.61. The first kappa shape index (κ1) is 25.8. The Balaban J connectivity index is 0.000000311. The van der Waals surface area contributed by atoms with Crippen molar-refractivity contribution in [3.05, 3.63) is 65.7 Å². The summed E-state index contributed by atoms with van der Waals surface area (Å²) in [5.74, 6) is -0.113. The van der Waals surface area contributed by atoms with Gasteiger partial charge in [0.1, 0.15) is 5.75 Å². The highest BCUT2D eigenvalue weighted by molar-refractivity contribution is 5.33.